The summed E-state index contributed by atoms with van der Waals surface area (Å²) in [5.74, 6) is 0. The summed E-state index contributed by atoms with van der Waals surface area (Å²) in [6, 6.07) is 4.66. The molecule has 4 N–H and O–H groups in total. The lowest BCUT2D eigenvalue weighted by atomic mass is 9.80. The largest absolute Gasteiger partial charge is 0.488 e. The van der Waals surface area contributed by atoms with Gasteiger partial charge in [0.25, 0.3) is 0 Å². The summed E-state index contributed by atoms with van der Waals surface area (Å²) < 4.78 is 0. The lowest BCUT2D eigenvalue weighted by Crippen LogP contribution is -2.29. The minimum absolute atomic E-state index is 0.375. The standard InChI is InChI=1S/C6H8BNO2S/c8-5-3-4(7(9)10)1-2-6(5)11/h1-3,9-11H,8H2. The van der Waals surface area contributed by atoms with Crippen LogP contribution in [0.25, 0.3) is 0 Å². The molecular weight excluding hydrogens is 161 g/mol. The first-order valence-corrected chi connectivity index (χ1v) is 3.50. The van der Waals surface area contributed by atoms with Gasteiger partial charge in [-0.05, 0) is 17.6 Å². The number of nitrogens with two attached hydrogens (primary N) is 1. The van der Waals surface area contributed by atoms with E-state index in [9.17, 15) is 0 Å². The highest BCUT2D eigenvalue weighted by Crippen LogP contribution is 2.12. The molecule has 0 spiro atoms. The average Bonchev–Trinajstić information content (AvgIpc) is 1.94. The molecule has 0 aromatic heterocycles. The van der Waals surface area contributed by atoms with Crippen LogP contribution in [0.2, 0.25) is 0 Å². The highest BCUT2D eigenvalue weighted by Gasteiger charge is 2.10. The van der Waals surface area contributed by atoms with E-state index in [1.165, 1.54) is 6.07 Å². The Balaban J connectivity index is 3.05. The van der Waals surface area contributed by atoms with Crippen molar-refractivity contribution in [3.8, 4) is 0 Å². The van der Waals surface area contributed by atoms with Crippen LogP contribution in [-0.2, 0) is 0 Å². The van der Waals surface area contributed by atoms with Crippen molar-refractivity contribution in [2.45, 2.75) is 4.90 Å². The number of anilines is 1. The Morgan fingerprint density at radius 1 is 1.36 bits per heavy atom. The molecule has 58 valence electrons. The highest BCUT2D eigenvalue weighted by molar-refractivity contribution is 7.80. The van der Waals surface area contributed by atoms with Crippen LogP contribution >= 0.6 is 12.6 Å². The van der Waals surface area contributed by atoms with Crippen molar-refractivity contribution in [2.75, 3.05) is 5.73 Å². The number of benzene rings is 1. The van der Waals surface area contributed by atoms with E-state index < -0.39 is 7.12 Å². The third-order valence-electron chi connectivity index (χ3n) is 1.35. The number of rotatable bonds is 1. The predicted octanol–water partition coefficient (Wildman–Crippen LogP) is -0.763. The molecule has 11 heavy (non-hydrogen) atoms. The predicted molar refractivity (Wildman–Crippen MR) is 47.9 cm³/mol. The van der Waals surface area contributed by atoms with Crippen molar-refractivity contribution in [1.82, 2.24) is 0 Å². The molecule has 1 aromatic carbocycles. The Morgan fingerprint density at radius 3 is 2.45 bits per heavy atom. The Hall–Kier alpha value is -0.645. The summed E-state index contributed by atoms with van der Waals surface area (Å²) in [4.78, 5) is 0.634. The van der Waals surface area contributed by atoms with Gasteiger partial charge in [-0.25, -0.2) is 0 Å². The fourth-order valence-electron chi connectivity index (χ4n) is 0.734. The van der Waals surface area contributed by atoms with E-state index in [1.54, 1.807) is 12.1 Å². The lowest BCUT2D eigenvalue weighted by Gasteiger charge is -2.02. The van der Waals surface area contributed by atoms with Crippen molar-refractivity contribution in [1.29, 1.82) is 0 Å². The maximum atomic E-state index is 8.71. The molecule has 0 radical (unpaired) electrons. The fourth-order valence-corrected chi connectivity index (χ4v) is 0.873. The van der Waals surface area contributed by atoms with Crippen LogP contribution in [-0.4, -0.2) is 17.2 Å². The Kier molecular flexibility index (Phi) is 2.43. The van der Waals surface area contributed by atoms with E-state index >= 15 is 0 Å². The van der Waals surface area contributed by atoms with Crippen molar-refractivity contribution in [3.05, 3.63) is 18.2 Å². The Labute approximate surface area is 70.4 Å². The van der Waals surface area contributed by atoms with Crippen LogP contribution in [0.15, 0.2) is 23.1 Å². The van der Waals surface area contributed by atoms with Crippen LogP contribution in [0.1, 0.15) is 0 Å². The van der Waals surface area contributed by atoms with Crippen LogP contribution in [0.3, 0.4) is 0 Å². The Bertz CT molecular complexity index is 267. The normalized spacial score (nSPS) is 9.73. The summed E-state index contributed by atoms with van der Waals surface area (Å²) in [7, 11) is -1.47. The molecule has 0 heterocycles. The van der Waals surface area contributed by atoms with Gasteiger partial charge >= 0.3 is 7.12 Å². The maximum Gasteiger partial charge on any atom is 0.488 e. The van der Waals surface area contributed by atoms with Crippen LogP contribution in [0, 0.1) is 0 Å². The third kappa shape index (κ3) is 1.89. The van der Waals surface area contributed by atoms with Gasteiger partial charge in [-0.15, -0.1) is 12.6 Å². The Morgan fingerprint density at radius 2 is 2.00 bits per heavy atom. The second-order valence-electron chi connectivity index (χ2n) is 2.19. The number of hydrogen-bond acceptors (Lipinski definition) is 4. The second-order valence-corrected chi connectivity index (χ2v) is 2.67. The van der Waals surface area contributed by atoms with Gasteiger partial charge in [-0.2, -0.15) is 0 Å². The molecule has 0 aliphatic heterocycles. The third-order valence-corrected chi connectivity index (χ3v) is 1.76. The van der Waals surface area contributed by atoms with Crippen LogP contribution in [0.4, 0.5) is 5.69 Å². The van der Waals surface area contributed by atoms with Gasteiger partial charge in [-0.1, -0.05) is 6.07 Å². The van der Waals surface area contributed by atoms with Gasteiger partial charge < -0.3 is 15.8 Å². The summed E-state index contributed by atoms with van der Waals surface area (Å²) in [6.45, 7) is 0. The molecule has 0 aliphatic rings. The van der Waals surface area contributed by atoms with Gasteiger partial charge in [0.05, 0.1) is 0 Å². The second kappa shape index (κ2) is 3.17. The molecule has 0 amide bonds. The van der Waals surface area contributed by atoms with Gasteiger partial charge in [0.1, 0.15) is 0 Å². The van der Waals surface area contributed by atoms with Crippen LogP contribution in [0.5, 0.6) is 0 Å². The number of thiol groups is 1. The molecule has 0 fully saturated rings. The average molecular weight is 169 g/mol. The fraction of sp³-hybridized carbons (Fsp3) is 0. The van der Waals surface area contributed by atoms with E-state index in [0.717, 1.165) is 0 Å². The molecule has 0 atom stereocenters. The van der Waals surface area contributed by atoms with Crippen molar-refractivity contribution >= 4 is 30.9 Å². The monoisotopic (exact) mass is 169 g/mol. The van der Waals surface area contributed by atoms with E-state index in [-0.39, 0.29) is 0 Å². The lowest BCUT2D eigenvalue weighted by molar-refractivity contribution is 0.426. The molecule has 0 bridgehead atoms. The smallest absolute Gasteiger partial charge is 0.423 e. The first kappa shape index (κ1) is 8.45. The van der Waals surface area contributed by atoms with Crippen LogP contribution < -0.4 is 11.2 Å². The molecule has 3 nitrogen and oxygen atoms in total. The van der Waals surface area contributed by atoms with E-state index in [4.69, 9.17) is 15.8 Å². The first-order valence-electron chi connectivity index (χ1n) is 3.06. The molecule has 0 saturated carbocycles. The van der Waals surface area contributed by atoms with E-state index in [1.807, 2.05) is 0 Å². The zero-order chi connectivity index (χ0) is 8.43. The van der Waals surface area contributed by atoms with Crippen molar-refractivity contribution in [3.63, 3.8) is 0 Å². The van der Waals surface area contributed by atoms with Gasteiger partial charge in [0, 0.05) is 10.6 Å². The minimum atomic E-state index is -1.47. The zero-order valence-corrected chi connectivity index (χ0v) is 6.62. The maximum absolute atomic E-state index is 8.71. The molecule has 1 aromatic rings. The topological polar surface area (TPSA) is 66.5 Å². The quantitative estimate of drug-likeness (QED) is 0.253. The molecule has 5 heteroatoms. The van der Waals surface area contributed by atoms with E-state index in [0.29, 0.717) is 16.0 Å². The van der Waals surface area contributed by atoms with E-state index in [2.05, 4.69) is 12.6 Å². The summed E-state index contributed by atoms with van der Waals surface area (Å²) in [6.07, 6.45) is 0. The SMILES string of the molecule is Nc1cc(B(O)O)ccc1S. The minimum Gasteiger partial charge on any atom is -0.423 e. The van der Waals surface area contributed by atoms with Gasteiger partial charge in [-0.3, -0.25) is 0 Å². The molecule has 0 aliphatic carbocycles. The summed E-state index contributed by atoms with van der Waals surface area (Å²) in [5.41, 5.74) is 6.28. The molecular formula is C6H8BNO2S. The van der Waals surface area contributed by atoms with Crippen molar-refractivity contribution < 1.29 is 10.0 Å². The summed E-state index contributed by atoms with van der Waals surface area (Å²) in [5, 5.41) is 17.4. The van der Waals surface area contributed by atoms with Gasteiger partial charge in [0.15, 0.2) is 0 Å². The zero-order valence-electron chi connectivity index (χ0n) is 5.73. The number of hydrogen-bond donors (Lipinski definition) is 4. The molecule has 1 rings (SSSR count). The summed E-state index contributed by atoms with van der Waals surface area (Å²) >= 11 is 4.03. The number of nitrogen functional groups attached to an aromatic ring is 1. The highest BCUT2D eigenvalue weighted by atomic mass is 32.1. The van der Waals surface area contributed by atoms with Crippen molar-refractivity contribution in [2.24, 2.45) is 0 Å². The first-order chi connectivity index (χ1) is 5.11. The van der Waals surface area contributed by atoms with Gasteiger partial charge in [0.2, 0.25) is 0 Å². The molecule has 0 unspecified atom stereocenters. The molecule has 0 saturated heterocycles.